The van der Waals surface area contributed by atoms with Crippen LogP contribution in [0.4, 0.5) is 0 Å². The molecular formula is C13H22N2S. The molecule has 0 radical (unpaired) electrons. The number of nitrogens with one attached hydrogen (secondary N) is 2. The van der Waals surface area contributed by atoms with E-state index in [1.807, 2.05) is 0 Å². The van der Waals surface area contributed by atoms with Gasteiger partial charge in [-0.1, -0.05) is 19.3 Å². The normalized spacial score (nSPS) is 37.9. The number of hydrogen-bond donors (Lipinski definition) is 2. The molecule has 16 heavy (non-hydrogen) atoms. The van der Waals surface area contributed by atoms with Gasteiger partial charge in [0, 0.05) is 12.1 Å². The third-order valence-electron chi connectivity index (χ3n) is 4.74. The molecular weight excluding hydrogens is 216 g/mol. The summed E-state index contributed by atoms with van der Waals surface area (Å²) in [6, 6.07) is 1.33. The summed E-state index contributed by atoms with van der Waals surface area (Å²) in [5.74, 6) is 1.91. The van der Waals surface area contributed by atoms with E-state index in [-0.39, 0.29) is 0 Å². The lowest BCUT2D eigenvalue weighted by atomic mass is 9.95. The van der Waals surface area contributed by atoms with Crippen LogP contribution in [0.2, 0.25) is 0 Å². The zero-order chi connectivity index (χ0) is 11.0. The van der Waals surface area contributed by atoms with Crippen molar-refractivity contribution < 1.29 is 0 Å². The van der Waals surface area contributed by atoms with Gasteiger partial charge in [-0.15, -0.1) is 0 Å². The summed E-state index contributed by atoms with van der Waals surface area (Å²) >= 11 is 5.42. The van der Waals surface area contributed by atoms with Crippen molar-refractivity contribution in [3.63, 3.8) is 0 Å². The van der Waals surface area contributed by atoms with Crippen LogP contribution in [0.1, 0.15) is 51.4 Å². The summed E-state index contributed by atoms with van der Waals surface area (Å²) in [6.45, 7) is 0. The number of thiocarbonyl (C=S) groups is 1. The Morgan fingerprint density at radius 3 is 2.38 bits per heavy atom. The molecule has 0 amide bonds. The van der Waals surface area contributed by atoms with Gasteiger partial charge in [-0.25, -0.2) is 0 Å². The highest BCUT2D eigenvalue weighted by molar-refractivity contribution is 7.80. The third-order valence-corrected chi connectivity index (χ3v) is 4.98. The van der Waals surface area contributed by atoms with Gasteiger partial charge < -0.3 is 10.6 Å². The van der Waals surface area contributed by atoms with Crippen LogP contribution in [0.15, 0.2) is 0 Å². The van der Waals surface area contributed by atoms with E-state index in [0.717, 1.165) is 16.9 Å². The first kappa shape index (κ1) is 10.8. The Hall–Kier alpha value is -0.310. The predicted molar refractivity (Wildman–Crippen MR) is 70.4 cm³/mol. The summed E-state index contributed by atoms with van der Waals surface area (Å²) in [5.41, 5.74) is 0. The van der Waals surface area contributed by atoms with Crippen molar-refractivity contribution in [3.8, 4) is 0 Å². The second kappa shape index (κ2) is 4.52. The summed E-state index contributed by atoms with van der Waals surface area (Å²) in [5, 5.41) is 7.96. The molecule has 2 N–H and O–H groups in total. The number of rotatable bonds is 2. The molecule has 3 fully saturated rings. The van der Waals surface area contributed by atoms with Crippen LogP contribution in [-0.2, 0) is 0 Å². The van der Waals surface area contributed by atoms with Gasteiger partial charge in [0.15, 0.2) is 5.11 Å². The fourth-order valence-electron chi connectivity index (χ4n) is 3.89. The lowest BCUT2D eigenvalue weighted by molar-refractivity contribution is 0.387. The minimum Gasteiger partial charge on any atom is -0.360 e. The topological polar surface area (TPSA) is 24.1 Å². The SMILES string of the molecule is S=C(NC1CCCC1)N[C@@H]1C[C@H]2CC[C@@H]1C2. The Balaban J connectivity index is 1.45. The molecule has 0 aromatic rings. The summed E-state index contributed by atoms with van der Waals surface area (Å²) in [4.78, 5) is 0. The maximum absolute atomic E-state index is 5.42. The van der Waals surface area contributed by atoms with Crippen molar-refractivity contribution in [1.29, 1.82) is 0 Å². The van der Waals surface area contributed by atoms with Crippen LogP contribution in [0.25, 0.3) is 0 Å². The average molecular weight is 238 g/mol. The van der Waals surface area contributed by atoms with Crippen LogP contribution in [0, 0.1) is 11.8 Å². The number of fused-ring (bicyclic) bond motifs is 2. The molecule has 0 spiro atoms. The van der Waals surface area contributed by atoms with Gasteiger partial charge in [0.05, 0.1) is 0 Å². The van der Waals surface area contributed by atoms with Gasteiger partial charge in [0.1, 0.15) is 0 Å². The van der Waals surface area contributed by atoms with E-state index in [0.29, 0.717) is 12.1 Å². The molecule has 2 bridgehead atoms. The Kier molecular flexibility index (Phi) is 3.05. The molecule has 0 aliphatic heterocycles. The van der Waals surface area contributed by atoms with Crippen LogP contribution in [0.5, 0.6) is 0 Å². The van der Waals surface area contributed by atoms with Crippen molar-refractivity contribution >= 4 is 17.3 Å². The zero-order valence-electron chi connectivity index (χ0n) is 9.87. The summed E-state index contributed by atoms with van der Waals surface area (Å²) < 4.78 is 0. The van der Waals surface area contributed by atoms with E-state index >= 15 is 0 Å². The first-order chi connectivity index (χ1) is 7.81. The Morgan fingerprint density at radius 1 is 0.938 bits per heavy atom. The van der Waals surface area contributed by atoms with Gasteiger partial charge >= 0.3 is 0 Å². The minimum absolute atomic E-state index is 0.651. The molecule has 3 aliphatic rings. The molecule has 90 valence electrons. The zero-order valence-corrected chi connectivity index (χ0v) is 10.7. The first-order valence-electron chi connectivity index (χ1n) is 6.88. The fraction of sp³-hybridized carbons (Fsp3) is 0.923. The van der Waals surface area contributed by atoms with Crippen LogP contribution in [0.3, 0.4) is 0 Å². The van der Waals surface area contributed by atoms with E-state index in [2.05, 4.69) is 10.6 Å². The molecule has 0 aromatic heterocycles. The lowest BCUT2D eigenvalue weighted by Crippen LogP contribution is -2.47. The monoisotopic (exact) mass is 238 g/mol. The molecule has 0 heterocycles. The van der Waals surface area contributed by atoms with E-state index in [1.54, 1.807) is 0 Å². The van der Waals surface area contributed by atoms with Crippen molar-refractivity contribution in [1.82, 2.24) is 10.6 Å². The Morgan fingerprint density at radius 2 is 1.75 bits per heavy atom. The standard InChI is InChI=1S/C13H22N2S/c16-13(14-11-3-1-2-4-11)15-12-8-9-5-6-10(12)7-9/h9-12H,1-8H2,(H2,14,15,16)/t9-,10+,12+/m0/s1. The highest BCUT2D eigenvalue weighted by atomic mass is 32.1. The Bertz CT molecular complexity index is 273. The van der Waals surface area contributed by atoms with Gasteiger partial charge in [0.2, 0.25) is 0 Å². The number of hydrogen-bond acceptors (Lipinski definition) is 1. The van der Waals surface area contributed by atoms with Gasteiger partial charge in [0.25, 0.3) is 0 Å². The molecule has 3 saturated carbocycles. The van der Waals surface area contributed by atoms with Crippen LogP contribution >= 0.6 is 12.2 Å². The van der Waals surface area contributed by atoms with Crippen molar-refractivity contribution in [2.45, 2.75) is 63.5 Å². The first-order valence-corrected chi connectivity index (χ1v) is 7.29. The summed E-state index contributed by atoms with van der Waals surface area (Å²) in [7, 11) is 0. The maximum atomic E-state index is 5.42. The van der Waals surface area contributed by atoms with E-state index in [1.165, 1.54) is 51.4 Å². The largest absolute Gasteiger partial charge is 0.360 e. The van der Waals surface area contributed by atoms with E-state index in [9.17, 15) is 0 Å². The Labute approximate surface area is 104 Å². The fourth-order valence-corrected chi connectivity index (χ4v) is 4.21. The maximum Gasteiger partial charge on any atom is 0.166 e. The molecule has 3 aliphatic carbocycles. The summed E-state index contributed by atoms with van der Waals surface area (Å²) in [6.07, 6.45) is 11.0. The van der Waals surface area contributed by atoms with Gasteiger partial charge in [-0.3, -0.25) is 0 Å². The molecule has 0 unspecified atom stereocenters. The van der Waals surface area contributed by atoms with E-state index in [4.69, 9.17) is 12.2 Å². The highest BCUT2D eigenvalue weighted by Crippen LogP contribution is 2.44. The molecule has 0 aromatic carbocycles. The smallest absolute Gasteiger partial charge is 0.166 e. The molecule has 3 heteroatoms. The van der Waals surface area contributed by atoms with Gasteiger partial charge in [-0.2, -0.15) is 0 Å². The quantitative estimate of drug-likeness (QED) is 0.723. The molecule has 0 saturated heterocycles. The molecule has 3 atom stereocenters. The van der Waals surface area contributed by atoms with Crippen molar-refractivity contribution in [2.24, 2.45) is 11.8 Å². The second-order valence-electron chi connectivity index (χ2n) is 5.88. The third kappa shape index (κ3) is 2.20. The predicted octanol–water partition coefficient (Wildman–Crippen LogP) is 2.58. The van der Waals surface area contributed by atoms with Crippen LogP contribution < -0.4 is 10.6 Å². The lowest BCUT2D eigenvalue weighted by Gasteiger charge is -2.26. The molecule has 2 nitrogen and oxygen atoms in total. The highest BCUT2D eigenvalue weighted by Gasteiger charge is 2.39. The van der Waals surface area contributed by atoms with Gasteiger partial charge in [-0.05, 0) is 56.2 Å². The van der Waals surface area contributed by atoms with Crippen molar-refractivity contribution in [3.05, 3.63) is 0 Å². The van der Waals surface area contributed by atoms with Crippen molar-refractivity contribution in [2.75, 3.05) is 0 Å². The molecule has 3 rings (SSSR count). The van der Waals surface area contributed by atoms with Crippen LogP contribution in [-0.4, -0.2) is 17.2 Å². The average Bonchev–Trinajstić information content (AvgIpc) is 2.92. The minimum atomic E-state index is 0.651. The second-order valence-corrected chi connectivity index (χ2v) is 6.29. The van der Waals surface area contributed by atoms with E-state index < -0.39 is 0 Å².